The number of anilines is 1. The normalized spacial score (nSPS) is 14.4. The number of para-hydroxylation sites is 1. The molecule has 0 aliphatic carbocycles. The summed E-state index contributed by atoms with van der Waals surface area (Å²) in [5.74, 6) is 0.807. The summed E-state index contributed by atoms with van der Waals surface area (Å²) in [4.78, 5) is 21.3. The number of piperazine rings is 1. The van der Waals surface area contributed by atoms with Gasteiger partial charge in [0.25, 0.3) is 5.91 Å². The number of phenols is 1. The minimum atomic E-state index is -0.106. The summed E-state index contributed by atoms with van der Waals surface area (Å²) in [6.45, 7) is 2.74. The Morgan fingerprint density at radius 2 is 1.81 bits per heavy atom. The number of ether oxygens (including phenoxy) is 1. The zero-order valence-corrected chi connectivity index (χ0v) is 15.1. The Kier molecular flexibility index (Phi) is 4.54. The highest BCUT2D eigenvalue weighted by atomic mass is 16.5. The molecule has 0 spiro atoms. The van der Waals surface area contributed by atoms with Crippen LogP contribution >= 0.6 is 0 Å². The lowest BCUT2D eigenvalue weighted by atomic mass is 10.1. The fourth-order valence-corrected chi connectivity index (χ4v) is 3.39. The summed E-state index contributed by atoms with van der Waals surface area (Å²) in [5, 5.41) is 10.8. The van der Waals surface area contributed by atoms with E-state index in [1.165, 1.54) is 0 Å². The van der Waals surface area contributed by atoms with Crippen molar-refractivity contribution in [3.63, 3.8) is 0 Å². The number of fused-ring (bicyclic) bond motifs is 1. The van der Waals surface area contributed by atoms with Crippen LogP contribution in [-0.2, 0) is 0 Å². The van der Waals surface area contributed by atoms with Crippen molar-refractivity contribution in [3.05, 3.63) is 60.3 Å². The highest BCUT2D eigenvalue weighted by molar-refractivity contribution is 5.96. The number of amides is 1. The molecule has 2 heterocycles. The van der Waals surface area contributed by atoms with Crippen molar-refractivity contribution >= 4 is 22.5 Å². The molecule has 1 aliphatic heterocycles. The van der Waals surface area contributed by atoms with Crippen LogP contribution in [0.2, 0.25) is 0 Å². The molecule has 0 atom stereocenters. The van der Waals surface area contributed by atoms with Gasteiger partial charge in [0, 0.05) is 43.3 Å². The molecular weight excluding hydrogens is 342 g/mol. The van der Waals surface area contributed by atoms with Crippen LogP contribution in [0, 0.1) is 0 Å². The predicted octanol–water partition coefficient (Wildman–Crippen LogP) is 2.91. The lowest BCUT2D eigenvalue weighted by Crippen LogP contribution is -2.49. The molecule has 1 aromatic heterocycles. The van der Waals surface area contributed by atoms with Crippen molar-refractivity contribution in [2.45, 2.75) is 0 Å². The Labute approximate surface area is 157 Å². The molecule has 0 saturated carbocycles. The molecule has 1 saturated heterocycles. The van der Waals surface area contributed by atoms with E-state index in [0.29, 0.717) is 24.3 Å². The van der Waals surface area contributed by atoms with E-state index in [0.717, 1.165) is 29.9 Å². The van der Waals surface area contributed by atoms with Gasteiger partial charge in [-0.1, -0.05) is 24.3 Å². The van der Waals surface area contributed by atoms with E-state index < -0.39 is 0 Å². The van der Waals surface area contributed by atoms with Crippen LogP contribution in [0.5, 0.6) is 11.5 Å². The third-order valence-corrected chi connectivity index (χ3v) is 4.90. The van der Waals surface area contributed by atoms with E-state index in [-0.39, 0.29) is 11.7 Å². The van der Waals surface area contributed by atoms with Crippen molar-refractivity contribution in [1.29, 1.82) is 0 Å². The second-order valence-electron chi connectivity index (χ2n) is 6.53. The van der Waals surface area contributed by atoms with Gasteiger partial charge >= 0.3 is 0 Å². The van der Waals surface area contributed by atoms with Crippen LogP contribution in [0.3, 0.4) is 0 Å². The van der Waals surface area contributed by atoms with Gasteiger partial charge < -0.3 is 19.6 Å². The first kappa shape index (κ1) is 17.1. The molecule has 0 radical (unpaired) electrons. The third kappa shape index (κ3) is 3.38. The monoisotopic (exact) mass is 363 g/mol. The van der Waals surface area contributed by atoms with Gasteiger partial charge in [0.15, 0.2) is 0 Å². The van der Waals surface area contributed by atoms with Crippen LogP contribution < -0.4 is 9.64 Å². The first-order chi connectivity index (χ1) is 13.2. The number of benzene rings is 2. The summed E-state index contributed by atoms with van der Waals surface area (Å²) in [5.41, 5.74) is 1.91. The number of aromatic nitrogens is 1. The molecule has 2 aromatic carbocycles. The van der Waals surface area contributed by atoms with Gasteiger partial charge in [0.05, 0.1) is 7.11 Å². The smallest absolute Gasteiger partial charge is 0.272 e. The zero-order chi connectivity index (χ0) is 18.8. The number of phenolic OH excluding ortho intramolecular Hbond substituents is 1. The van der Waals surface area contributed by atoms with Gasteiger partial charge in [-0.25, -0.2) is 4.98 Å². The fourth-order valence-electron chi connectivity index (χ4n) is 3.39. The van der Waals surface area contributed by atoms with Crippen LogP contribution in [-0.4, -0.2) is 54.2 Å². The van der Waals surface area contributed by atoms with Gasteiger partial charge in [-0.2, -0.15) is 0 Å². The molecule has 1 N–H and O–H groups in total. The molecule has 0 bridgehead atoms. The molecule has 6 nitrogen and oxygen atoms in total. The van der Waals surface area contributed by atoms with Gasteiger partial charge in [0.2, 0.25) is 0 Å². The van der Waals surface area contributed by atoms with E-state index in [1.54, 1.807) is 25.3 Å². The number of hydrogen-bond donors (Lipinski definition) is 1. The Balaban J connectivity index is 1.48. The molecule has 1 aliphatic rings. The summed E-state index contributed by atoms with van der Waals surface area (Å²) in [6, 6.07) is 16.7. The van der Waals surface area contributed by atoms with Crippen LogP contribution in [0.25, 0.3) is 10.9 Å². The quantitative estimate of drug-likeness (QED) is 0.775. The maximum atomic E-state index is 12.8. The number of carbonyl (C=O) groups excluding carboxylic acids is 1. The lowest BCUT2D eigenvalue weighted by Gasteiger charge is -2.36. The number of rotatable bonds is 3. The van der Waals surface area contributed by atoms with E-state index in [9.17, 15) is 9.90 Å². The summed E-state index contributed by atoms with van der Waals surface area (Å²) < 4.78 is 5.29. The number of methoxy groups -OCH3 is 1. The van der Waals surface area contributed by atoms with E-state index in [1.807, 2.05) is 41.3 Å². The molecular formula is C21H21N3O3. The van der Waals surface area contributed by atoms with Crippen molar-refractivity contribution < 1.29 is 14.6 Å². The largest absolute Gasteiger partial charge is 0.506 e. The molecule has 0 unspecified atom stereocenters. The number of pyridine rings is 1. The van der Waals surface area contributed by atoms with Crippen molar-refractivity contribution in [1.82, 2.24) is 9.88 Å². The Hall–Kier alpha value is -3.28. The fraction of sp³-hybridized carbons (Fsp3) is 0.238. The second-order valence-corrected chi connectivity index (χ2v) is 6.53. The summed E-state index contributed by atoms with van der Waals surface area (Å²) in [7, 11) is 1.66. The van der Waals surface area contributed by atoms with Gasteiger partial charge in [-0.3, -0.25) is 4.79 Å². The first-order valence-electron chi connectivity index (χ1n) is 8.93. The van der Waals surface area contributed by atoms with Gasteiger partial charge in [-0.05, 0) is 24.3 Å². The Morgan fingerprint density at radius 1 is 1.04 bits per heavy atom. The maximum absolute atomic E-state index is 12.8. The molecule has 27 heavy (non-hydrogen) atoms. The Morgan fingerprint density at radius 3 is 2.59 bits per heavy atom. The molecule has 3 aromatic rings. The highest BCUT2D eigenvalue weighted by Crippen LogP contribution is 2.24. The van der Waals surface area contributed by atoms with Crippen LogP contribution in [0.15, 0.2) is 54.6 Å². The Bertz CT molecular complexity index is 981. The number of hydrogen-bond acceptors (Lipinski definition) is 5. The maximum Gasteiger partial charge on any atom is 0.272 e. The highest BCUT2D eigenvalue weighted by Gasteiger charge is 2.23. The standard InChI is InChI=1S/C21H21N3O3/c1-27-17-6-3-5-16(14-17)23-10-12-24(13-11-23)21(26)18-9-8-15-4-2-7-19(25)20(15)22-18/h2-9,14,25H,10-13H2,1H3. The van der Waals surface area contributed by atoms with E-state index >= 15 is 0 Å². The minimum Gasteiger partial charge on any atom is -0.506 e. The predicted molar refractivity (Wildman–Crippen MR) is 105 cm³/mol. The summed E-state index contributed by atoms with van der Waals surface area (Å²) >= 11 is 0. The molecule has 1 amide bonds. The summed E-state index contributed by atoms with van der Waals surface area (Å²) in [6.07, 6.45) is 0. The lowest BCUT2D eigenvalue weighted by molar-refractivity contribution is 0.0741. The number of carbonyl (C=O) groups is 1. The van der Waals surface area contributed by atoms with Crippen LogP contribution in [0.1, 0.15) is 10.5 Å². The SMILES string of the molecule is COc1cccc(N2CCN(C(=O)c3ccc4cccc(O)c4n3)CC2)c1. The van der Waals surface area contributed by atoms with Crippen LogP contribution in [0.4, 0.5) is 5.69 Å². The average Bonchev–Trinajstić information content (AvgIpc) is 2.73. The molecule has 6 heteroatoms. The topological polar surface area (TPSA) is 65.9 Å². The van der Waals surface area contributed by atoms with Crippen molar-refractivity contribution in [2.24, 2.45) is 0 Å². The molecule has 4 rings (SSSR count). The van der Waals surface area contributed by atoms with Crippen molar-refractivity contribution in [3.8, 4) is 11.5 Å². The minimum absolute atomic E-state index is 0.0880. The third-order valence-electron chi connectivity index (χ3n) is 4.90. The van der Waals surface area contributed by atoms with E-state index in [2.05, 4.69) is 9.88 Å². The van der Waals surface area contributed by atoms with Gasteiger partial charge in [-0.15, -0.1) is 0 Å². The van der Waals surface area contributed by atoms with Gasteiger partial charge in [0.1, 0.15) is 22.7 Å². The van der Waals surface area contributed by atoms with Crippen molar-refractivity contribution in [2.75, 3.05) is 38.2 Å². The number of nitrogens with zero attached hydrogens (tertiary/aromatic N) is 3. The zero-order valence-electron chi connectivity index (χ0n) is 15.1. The van der Waals surface area contributed by atoms with E-state index in [4.69, 9.17) is 4.74 Å². The average molecular weight is 363 g/mol. The number of aromatic hydroxyl groups is 1. The second kappa shape index (κ2) is 7.15. The molecule has 1 fully saturated rings. The first-order valence-corrected chi connectivity index (χ1v) is 8.93. The molecule has 138 valence electrons.